The molecule has 0 aromatic carbocycles. The van der Waals surface area contributed by atoms with Crippen LogP contribution in [0.1, 0.15) is 11.8 Å². The van der Waals surface area contributed by atoms with Gasteiger partial charge in [-0.3, -0.25) is 10.2 Å². The van der Waals surface area contributed by atoms with E-state index >= 15 is 0 Å². The molecular formula is C13H20N6OS. The van der Waals surface area contributed by atoms with Gasteiger partial charge in [0.1, 0.15) is 10.6 Å². The number of fused-ring (bicyclic) bond motifs is 1. The molecule has 0 aliphatic carbocycles. The topological polar surface area (TPSA) is 96.2 Å². The molecule has 1 unspecified atom stereocenters. The molecule has 0 spiro atoms. The van der Waals surface area contributed by atoms with E-state index in [1.165, 1.54) is 0 Å². The molecule has 8 heteroatoms. The lowest BCUT2D eigenvalue weighted by molar-refractivity contribution is -0.123. The molecule has 1 atom stereocenters. The average molecular weight is 308 g/mol. The van der Waals surface area contributed by atoms with Crippen LogP contribution in [0, 0.1) is 12.8 Å². The summed E-state index contributed by atoms with van der Waals surface area (Å²) in [5.41, 5.74) is 2.49. The van der Waals surface area contributed by atoms with Gasteiger partial charge in [0.2, 0.25) is 11.9 Å². The summed E-state index contributed by atoms with van der Waals surface area (Å²) in [5.74, 6) is 6.45. The lowest BCUT2D eigenvalue weighted by Crippen LogP contribution is -2.34. The minimum Gasteiger partial charge on any atom is -0.359 e. The fourth-order valence-corrected chi connectivity index (χ4v) is 3.08. The number of aryl methyl sites for hydroxylation is 1. The van der Waals surface area contributed by atoms with Gasteiger partial charge in [0.25, 0.3) is 0 Å². The zero-order valence-electron chi connectivity index (χ0n) is 12.6. The van der Waals surface area contributed by atoms with Gasteiger partial charge in [-0.1, -0.05) is 6.92 Å². The van der Waals surface area contributed by atoms with Gasteiger partial charge in [0, 0.05) is 25.5 Å². The number of hydrazine groups is 1. The van der Waals surface area contributed by atoms with Crippen molar-refractivity contribution in [2.45, 2.75) is 13.8 Å². The minimum absolute atomic E-state index is 0.00539. The Morgan fingerprint density at radius 3 is 2.86 bits per heavy atom. The van der Waals surface area contributed by atoms with Crippen LogP contribution in [-0.4, -0.2) is 36.5 Å². The fraction of sp³-hybridized carbons (Fsp3) is 0.462. The van der Waals surface area contributed by atoms with Crippen LogP contribution in [-0.2, 0) is 4.79 Å². The minimum atomic E-state index is -0.140. The number of hydrogen-bond acceptors (Lipinski definition) is 7. The van der Waals surface area contributed by atoms with Crippen LogP contribution in [0.2, 0.25) is 0 Å². The van der Waals surface area contributed by atoms with E-state index in [9.17, 15) is 4.79 Å². The van der Waals surface area contributed by atoms with E-state index in [0.717, 1.165) is 20.9 Å². The molecule has 4 N–H and O–H groups in total. The monoisotopic (exact) mass is 308 g/mol. The molecule has 114 valence electrons. The van der Waals surface area contributed by atoms with Gasteiger partial charge in [-0.15, -0.1) is 11.3 Å². The zero-order chi connectivity index (χ0) is 15.6. The lowest BCUT2D eigenvalue weighted by atomic mass is 10.1. The number of carbonyl (C=O) groups excluding carboxylic acids is 1. The van der Waals surface area contributed by atoms with Crippen molar-refractivity contribution in [3.05, 3.63) is 10.9 Å². The Bertz CT molecular complexity index is 655. The van der Waals surface area contributed by atoms with Gasteiger partial charge in [-0.25, -0.2) is 10.8 Å². The molecule has 0 radical (unpaired) electrons. The van der Waals surface area contributed by atoms with Gasteiger partial charge in [-0.2, -0.15) is 4.98 Å². The number of aromatic nitrogens is 2. The Hall–Kier alpha value is -1.93. The van der Waals surface area contributed by atoms with Gasteiger partial charge < -0.3 is 10.2 Å². The molecule has 7 nitrogen and oxygen atoms in total. The van der Waals surface area contributed by atoms with E-state index in [4.69, 9.17) is 5.84 Å². The van der Waals surface area contributed by atoms with Crippen molar-refractivity contribution in [3.63, 3.8) is 0 Å². The van der Waals surface area contributed by atoms with E-state index in [2.05, 4.69) is 26.8 Å². The second-order valence-electron chi connectivity index (χ2n) is 4.99. The van der Waals surface area contributed by atoms with Crippen molar-refractivity contribution >= 4 is 39.2 Å². The van der Waals surface area contributed by atoms with Gasteiger partial charge in [0.05, 0.1) is 11.3 Å². The third kappa shape index (κ3) is 3.22. The predicted octanol–water partition coefficient (Wildman–Crippen LogP) is 1.10. The van der Waals surface area contributed by atoms with E-state index in [1.54, 1.807) is 18.4 Å². The van der Waals surface area contributed by atoms with E-state index < -0.39 is 0 Å². The predicted molar refractivity (Wildman–Crippen MR) is 86.5 cm³/mol. The van der Waals surface area contributed by atoms with Crippen LogP contribution >= 0.6 is 11.3 Å². The molecule has 0 aliphatic rings. The molecule has 0 fully saturated rings. The smallest absolute Gasteiger partial charge is 0.240 e. The number of anilines is 2. The molecule has 0 aliphatic heterocycles. The SMILES string of the molecule is CNC(=O)C(C)CN(C)c1nc(NN)nc2sc(C)cc12. The molecule has 1 amide bonds. The third-order valence-electron chi connectivity index (χ3n) is 3.23. The molecular weight excluding hydrogens is 288 g/mol. The van der Waals surface area contributed by atoms with Crippen molar-refractivity contribution in [2.75, 3.05) is 31.0 Å². The average Bonchev–Trinajstić information content (AvgIpc) is 2.84. The first kappa shape index (κ1) is 15.5. The van der Waals surface area contributed by atoms with Crippen LogP contribution in [0.15, 0.2) is 6.07 Å². The molecule has 2 aromatic heterocycles. The summed E-state index contributed by atoms with van der Waals surface area (Å²) in [6.45, 7) is 4.47. The first-order valence-corrected chi connectivity index (χ1v) is 7.45. The Balaban J connectivity index is 2.37. The summed E-state index contributed by atoms with van der Waals surface area (Å²) in [6, 6.07) is 2.05. The van der Waals surface area contributed by atoms with Crippen LogP contribution in [0.3, 0.4) is 0 Å². The van der Waals surface area contributed by atoms with E-state index in [-0.39, 0.29) is 11.8 Å². The number of hydrogen-bond donors (Lipinski definition) is 3. The van der Waals surface area contributed by atoms with Gasteiger partial charge in [-0.05, 0) is 13.0 Å². The Morgan fingerprint density at radius 1 is 1.52 bits per heavy atom. The van der Waals surface area contributed by atoms with Crippen molar-refractivity contribution in [1.82, 2.24) is 15.3 Å². The van der Waals surface area contributed by atoms with E-state index in [0.29, 0.717) is 12.5 Å². The highest BCUT2D eigenvalue weighted by Crippen LogP contribution is 2.31. The Kier molecular flexibility index (Phi) is 4.59. The maximum atomic E-state index is 11.7. The second-order valence-corrected chi connectivity index (χ2v) is 6.22. The summed E-state index contributed by atoms with van der Waals surface area (Å²) >= 11 is 1.59. The van der Waals surface area contributed by atoms with Crippen molar-refractivity contribution in [1.29, 1.82) is 0 Å². The summed E-state index contributed by atoms with van der Waals surface area (Å²) in [4.78, 5) is 24.4. The Morgan fingerprint density at radius 2 is 2.24 bits per heavy atom. The summed E-state index contributed by atoms with van der Waals surface area (Å²) in [6.07, 6.45) is 0. The fourth-order valence-electron chi connectivity index (χ4n) is 2.21. The number of nitrogens with zero attached hydrogens (tertiary/aromatic N) is 3. The molecule has 21 heavy (non-hydrogen) atoms. The number of carbonyl (C=O) groups is 1. The number of nitrogens with one attached hydrogen (secondary N) is 2. The number of nitrogen functional groups attached to an aromatic ring is 1. The van der Waals surface area contributed by atoms with E-state index in [1.807, 2.05) is 25.8 Å². The molecule has 0 bridgehead atoms. The number of rotatable bonds is 5. The molecule has 2 aromatic rings. The molecule has 0 saturated heterocycles. The second kappa shape index (κ2) is 6.23. The molecule has 2 heterocycles. The number of nitrogens with two attached hydrogens (primary N) is 1. The van der Waals surface area contributed by atoms with Crippen LogP contribution in [0.5, 0.6) is 0 Å². The number of thiophene rings is 1. The first-order valence-electron chi connectivity index (χ1n) is 6.63. The highest BCUT2D eigenvalue weighted by atomic mass is 32.1. The lowest BCUT2D eigenvalue weighted by Gasteiger charge is -2.22. The maximum Gasteiger partial charge on any atom is 0.240 e. The summed E-state index contributed by atoms with van der Waals surface area (Å²) < 4.78 is 0. The molecule has 0 saturated carbocycles. The van der Waals surface area contributed by atoms with Gasteiger partial charge in [0.15, 0.2) is 0 Å². The first-order chi connectivity index (χ1) is 9.96. The highest BCUT2D eigenvalue weighted by Gasteiger charge is 2.18. The number of amides is 1. The quantitative estimate of drug-likeness (QED) is 0.565. The van der Waals surface area contributed by atoms with Crippen LogP contribution < -0.4 is 21.5 Å². The third-order valence-corrected chi connectivity index (χ3v) is 4.17. The summed E-state index contributed by atoms with van der Waals surface area (Å²) in [5, 5.41) is 3.63. The normalized spacial score (nSPS) is 12.2. The zero-order valence-corrected chi connectivity index (χ0v) is 13.4. The maximum absolute atomic E-state index is 11.7. The standard InChI is InChI=1S/C13H20N6OS/c1-7(11(20)15-3)6-19(4)10-9-5-8(2)21-12(9)17-13(16-10)18-14/h5,7H,6,14H2,1-4H3,(H,15,20)(H,16,17,18). The van der Waals surface area contributed by atoms with Gasteiger partial charge >= 0.3 is 0 Å². The highest BCUT2D eigenvalue weighted by molar-refractivity contribution is 7.18. The Labute approximate surface area is 127 Å². The van der Waals surface area contributed by atoms with Crippen LogP contribution in [0.4, 0.5) is 11.8 Å². The molecule has 2 rings (SSSR count). The van der Waals surface area contributed by atoms with Crippen LogP contribution in [0.25, 0.3) is 10.2 Å². The van der Waals surface area contributed by atoms with Crippen molar-refractivity contribution in [2.24, 2.45) is 11.8 Å². The summed E-state index contributed by atoms with van der Waals surface area (Å²) in [7, 11) is 3.55. The van der Waals surface area contributed by atoms with Crippen molar-refractivity contribution in [3.8, 4) is 0 Å². The largest absolute Gasteiger partial charge is 0.359 e. The van der Waals surface area contributed by atoms with Crippen molar-refractivity contribution < 1.29 is 4.79 Å².